The van der Waals surface area contributed by atoms with Crippen molar-refractivity contribution in [1.29, 1.82) is 0 Å². The molecule has 1 aliphatic rings. The van der Waals surface area contributed by atoms with E-state index in [0.29, 0.717) is 0 Å². The summed E-state index contributed by atoms with van der Waals surface area (Å²) in [6.45, 7) is 7.68. The highest BCUT2D eigenvalue weighted by Crippen LogP contribution is 2.17. The van der Waals surface area contributed by atoms with E-state index in [1.807, 2.05) is 13.8 Å². The molecular weight excluding hydrogens is 180 g/mol. The zero-order valence-electron chi connectivity index (χ0n) is 9.22. The number of hydrogen-bond acceptors (Lipinski definition) is 3. The van der Waals surface area contributed by atoms with Crippen LogP contribution in [0.25, 0.3) is 0 Å². The first-order chi connectivity index (χ1) is 6.52. The first-order valence-electron chi connectivity index (χ1n) is 5.21. The van der Waals surface area contributed by atoms with E-state index in [4.69, 9.17) is 4.74 Å². The van der Waals surface area contributed by atoms with Crippen LogP contribution in [0.2, 0.25) is 0 Å². The van der Waals surface area contributed by atoms with Gasteiger partial charge in [-0.25, -0.2) is 4.79 Å². The smallest absolute Gasteiger partial charge is 0.407 e. The number of amides is 1. The van der Waals surface area contributed by atoms with Crippen molar-refractivity contribution in [3.05, 3.63) is 0 Å². The predicted octanol–water partition coefficient (Wildman–Crippen LogP) is 1.26. The number of carbonyl (C=O) groups is 1. The van der Waals surface area contributed by atoms with Crippen LogP contribution in [0, 0.1) is 0 Å². The highest BCUT2D eigenvalue weighted by Gasteiger charge is 2.28. The Morgan fingerprint density at radius 2 is 2.00 bits per heavy atom. The Labute approximate surface area is 85.4 Å². The van der Waals surface area contributed by atoms with Gasteiger partial charge >= 0.3 is 6.09 Å². The molecule has 1 aliphatic heterocycles. The van der Waals surface area contributed by atoms with Crippen molar-refractivity contribution in [2.45, 2.75) is 45.3 Å². The lowest BCUT2D eigenvalue weighted by molar-refractivity contribution is 0.101. The lowest BCUT2D eigenvalue weighted by atomic mass is 9.91. The van der Waals surface area contributed by atoms with Gasteiger partial charge in [-0.3, -0.25) is 0 Å². The van der Waals surface area contributed by atoms with Gasteiger partial charge in [-0.15, -0.1) is 0 Å². The fourth-order valence-corrected chi connectivity index (χ4v) is 1.59. The molecule has 0 saturated carbocycles. The number of carbonyl (C=O) groups excluding carboxylic acids is 1. The normalized spacial score (nSPS) is 20.6. The summed E-state index contributed by atoms with van der Waals surface area (Å²) in [5, 5.41) is 6.19. The second-order valence-electron chi connectivity index (χ2n) is 4.39. The highest BCUT2D eigenvalue weighted by molar-refractivity contribution is 5.68. The SMILES string of the molecule is CC(C)OC(=O)NC1(C)CCNCC1. The molecule has 0 aliphatic carbocycles. The van der Waals surface area contributed by atoms with Gasteiger partial charge in [0.1, 0.15) is 0 Å². The average Bonchev–Trinajstić information content (AvgIpc) is 2.02. The molecule has 1 amide bonds. The first kappa shape index (κ1) is 11.3. The Morgan fingerprint density at radius 3 is 2.50 bits per heavy atom. The minimum atomic E-state index is -0.301. The fraction of sp³-hybridized carbons (Fsp3) is 0.900. The Kier molecular flexibility index (Phi) is 3.75. The van der Waals surface area contributed by atoms with Gasteiger partial charge in [0.05, 0.1) is 6.10 Å². The van der Waals surface area contributed by atoms with Crippen LogP contribution in [0.3, 0.4) is 0 Å². The van der Waals surface area contributed by atoms with E-state index < -0.39 is 0 Å². The molecule has 82 valence electrons. The Balaban J connectivity index is 2.37. The molecule has 1 rings (SSSR count). The average molecular weight is 200 g/mol. The summed E-state index contributed by atoms with van der Waals surface area (Å²) in [5.74, 6) is 0. The molecule has 0 radical (unpaired) electrons. The number of piperidine rings is 1. The van der Waals surface area contributed by atoms with Crippen LogP contribution >= 0.6 is 0 Å². The molecule has 0 aromatic carbocycles. The third kappa shape index (κ3) is 3.54. The molecule has 0 unspecified atom stereocenters. The minimum absolute atomic E-state index is 0.0553. The molecule has 0 bridgehead atoms. The van der Waals surface area contributed by atoms with Crippen molar-refractivity contribution < 1.29 is 9.53 Å². The third-order valence-corrected chi connectivity index (χ3v) is 2.45. The summed E-state index contributed by atoms with van der Waals surface area (Å²) < 4.78 is 5.05. The Morgan fingerprint density at radius 1 is 1.43 bits per heavy atom. The molecule has 2 N–H and O–H groups in total. The van der Waals surface area contributed by atoms with Gasteiger partial charge in [-0.2, -0.15) is 0 Å². The maximum Gasteiger partial charge on any atom is 0.407 e. The van der Waals surface area contributed by atoms with E-state index in [1.165, 1.54) is 0 Å². The van der Waals surface area contributed by atoms with Gasteiger partial charge in [-0.1, -0.05) is 0 Å². The summed E-state index contributed by atoms with van der Waals surface area (Å²) >= 11 is 0. The van der Waals surface area contributed by atoms with Gasteiger partial charge in [0, 0.05) is 5.54 Å². The van der Waals surface area contributed by atoms with E-state index in [1.54, 1.807) is 0 Å². The zero-order valence-corrected chi connectivity index (χ0v) is 9.22. The molecular formula is C10H20N2O2. The van der Waals surface area contributed by atoms with Gasteiger partial charge in [0.2, 0.25) is 0 Å². The minimum Gasteiger partial charge on any atom is -0.447 e. The molecule has 4 nitrogen and oxygen atoms in total. The zero-order chi connectivity index (χ0) is 10.6. The largest absolute Gasteiger partial charge is 0.447 e. The standard InChI is InChI=1S/C10H20N2O2/c1-8(2)14-9(13)12-10(3)4-6-11-7-5-10/h8,11H,4-7H2,1-3H3,(H,12,13). The molecule has 1 fully saturated rings. The summed E-state index contributed by atoms with van der Waals surface area (Å²) in [7, 11) is 0. The van der Waals surface area contributed by atoms with Crippen LogP contribution in [0.5, 0.6) is 0 Å². The van der Waals surface area contributed by atoms with Crippen molar-refractivity contribution in [2.75, 3.05) is 13.1 Å². The maximum atomic E-state index is 11.4. The topological polar surface area (TPSA) is 50.4 Å². The molecule has 4 heteroatoms. The monoisotopic (exact) mass is 200 g/mol. The molecule has 14 heavy (non-hydrogen) atoms. The molecule has 1 saturated heterocycles. The number of alkyl carbamates (subject to hydrolysis) is 1. The van der Waals surface area contributed by atoms with Crippen molar-refractivity contribution in [3.63, 3.8) is 0 Å². The Bertz CT molecular complexity index is 198. The summed E-state index contributed by atoms with van der Waals surface area (Å²) in [5.41, 5.74) is -0.1000. The Hall–Kier alpha value is -0.770. The number of ether oxygens (including phenoxy) is 1. The van der Waals surface area contributed by atoms with Crippen LogP contribution in [0.1, 0.15) is 33.6 Å². The molecule has 0 aromatic rings. The summed E-state index contributed by atoms with van der Waals surface area (Å²) in [6, 6.07) is 0. The predicted molar refractivity (Wildman–Crippen MR) is 55.3 cm³/mol. The van der Waals surface area contributed by atoms with Crippen LogP contribution in [-0.4, -0.2) is 30.8 Å². The van der Waals surface area contributed by atoms with Crippen molar-refractivity contribution in [2.24, 2.45) is 0 Å². The quantitative estimate of drug-likeness (QED) is 0.705. The van der Waals surface area contributed by atoms with Crippen molar-refractivity contribution in [1.82, 2.24) is 10.6 Å². The lowest BCUT2D eigenvalue weighted by Gasteiger charge is -2.34. The molecule has 0 aromatic heterocycles. The summed E-state index contributed by atoms with van der Waals surface area (Å²) in [4.78, 5) is 11.4. The first-order valence-corrected chi connectivity index (χ1v) is 5.21. The van der Waals surface area contributed by atoms with Gasteiger partial charge in [-0.05, 0) is 46.7 Å². The van der Waals surface area contributed by atoms with E-state index >= 15 is 0 Å². The summed E-state index contributed by atoms with van der Waals surface area (Å²) in [6.07, 6.45) is 1.56. The number of rotatable bonds is 2. The van der Waals surface area contributed by atoms with Crippen LogP contribution in [-0.2, 0) is 4.74 Å². The van der Waals surface area contributed by atoms with Crippen molar-refractivity contribution in [3.8, 4) is 0 Å². The lowest BCUT2D eigenvalue weighted by Crippen LogP contribution is -2.52. The van der Waals surface area contributed by atoms with Gasteiger partial charge < -0.3 is 15.4 Å². The number of hydrogen-bond donors (Lipinski definition) is 2. The van der Waals surface area contributed by atoms with Crippen LogP contribution in [0.15, 0.2) is 0 Å². The second-order valence-corrected chi connectivity index (χ2v) is 4.39. The fourth-order valence-electron chi connectivity index (χ4n) is 1.59. The van der Waals surface area contributed by atoms with E-state index in [9.17, 15) is 4.79 Å². The van der Waals surface area contributed by atoms with E-state index in [-0.39, 0.29) is 17.7 Å². The highest BCUT2D eigenvalue weighted by atomic mass is 16.6. The van der Waals surface area contributed by atoms with Gasteiger partial charge in [0.15, 0.2) is 0 Å². The molecule has 1 heterocycles. The molecule has 0 spiro atoms. The maximum absolute atomic E-state index is 11.4. The van der Waals surface area contributed by atoms with Crippen LogP contribution < -0.4 is 10.6 Å². The van der Waals surface area contributed by atoms with Crippen LogP contribution in [0.4, 0.5) is 4.79 Å². The van der Waals surface area contributed by atoms with Gasteiger partial charge in [0.25, 0.3) is 0 Å². The third-order valence-electron chi connectivity index (χ3n) is 2.45. The van der Waals surface area contributed by atoms with Crippen molar-refractivity contribution >= 4 is 6.09 Å². The second kappa shape index (κ2) is 4.64. The van der Waals surface area contributed by atoms with E-state index in [0.717, 1.165) is 25.9 Å². The molecule has 0 atom stereocenters. The number of nitrogens with one attached hydrogen (secondary N) is 2. The van der Waals surface area contributed by atoms with E-state index in [2.05, 4.69) is 17.6 Å².